The number of esters is 2. The topological polar surface area (TPSA) is 95.7 Å². The van der Waals surface area contributed by atoms with Gasteiger partial charge in [-0.05, 0) is 44.5 Å². The van der Waals surface area contributed by atoms with Crippen molar-refractivity contribution in [1.82, 2.24) is 0 Å². The molecule has 0 aliphatic heterocycles. The second-order valence-electron chi connectivity index (χ2n) is 5.38. The van der Waals surface area contributed by atoms with Gasteiger partial charge in [-0.15, -0.1) is 0 Å². The molecule has 0 saturated carbocycles. The van der Waals surface area contributed by atoms with Gasteiger partial charge in [0.15, 0.2) is 6.61 Å². The second-order valence-corrected chi connectivity index (χ2v) is 5.38. The summed E-state index contributed by atoms with van der Waals surface area (Å²) in [5, 5.41) is 10.5. The van der Waals surface area contributed by atoms with E-state index in [0.717, 1.165) is 6.08 Å². The smallest absolute Gasteiger partial charge is 0.344 e. The van der Waals surface area contributed by atoms with Crippen LogP contribution in [0.25, 0.3) is 6.08 Å². The molecule has 0 amide bonds. The molecule has 0 spiro atoms. The zero-order valence-corrected chi connectivity index (χ0v) is 12.6. The van der Waals surface area contributed by atoms with Crippen LogP contribution in [-0.4, -0.2) is 29.1 Å². The molecule has 118 valence electrons. The summed E-state index contributed by atoms with van der Waals surface area (Å²) in [5.41, 5.74) is -0.0811. The maximum absolute atomic E-state index is 11.4. The molecule has 0 aliphatic carbocycles. The Morgan fingerprint density at radius 1 is 1.23 bits per heavy atom. The van der Waals surface area contributed by atoms with Crippen LogP contribution < -0.4 is 0 Å². The average molecular weight is 307 g/mol. The number of nitrogens with zero attached hydrogens (tertiary/aromatic N) is 1. The standard InChI is InChI=1S/C15H17NO6/c1-15(2,3)22-14(18)10-21-13(17)9-6-11-4-7-12(8-5-11)16(19)20/h4-9H,10H2,1-3H3/b9-6+. The first kappa shape index (κ1) is 17.4. The van der Waals surface area contributed by atoms with E-state index in [0.29, 0.717) is 5.56 Å². The normalized spacial score (nSPS) is 11.2. The highest BCUT2D eigenvalue weighted by Crippen LogP contribution is 2.13. The molecule has 7 nitrogen and oxygen atoms in total. The molecule has 7 heteroatoms. The summed E-state index contributed by atoms with van der Waals surface area (Å²) >= 11 is 0. The number of hydrogen-bond acceptors (Lipinski definition) is 6. The van der Waals surface area contributed by atoms with Gasteiger partial charge < -0.3 is 9.47 Å². The SMILES string of the molecule is CC(C)(C)OC(=O)COC(=O)/C=C/c1ccc([N+](=O)[O-])cc1. The van der Waals surface area contributed by atoms with E-state index in [1.54, 1.807) is 20.8 Å². The Bertz CT molecular complexity index is 583. The molecule has 0 unspecified atom stereocenters. The first-order chi connectivity index (χ1) is 10.2. The van der Waals surface area contributed by atoms with Gasteiger partial charge >= 0.3 is 11.9 Å². The number of rotatable bonds is 5. The Morgan fingerprint density at radius 3 is 2.32 bits per heavy atom. The van der Waals surface area contributed by atoms with E-state index >= 15 is 0 Å². The summed E-state index contributed by atoms with van der Waals surface area (Å²) in [6.45, 7) is 4.66. The van der Waals surface area contributed by atoms with Crippen LogP contribution in [0.2, 0.25) is 0 Å². The van der Waals surface area contributed by atoms with E-state index in [1.807, 2.05) is 0 Å². The summed E-state index contributed by atoms with van der Waals surface area (Å²) < 4.78 is 9.71. The van der Waals surface area contributed by atoms with Gasteiger partial charge in [0.05, 0.1) is 4.92 Å². The highest BCUT2D eigenvalue weighted by atomic mass is 16.6. The van der Waals surface area contributed by atoms with Gasteiger partial charge in [0, 0.05) is 18.2 Å². The van der Waals surface area contributed by atoms with Gasteiger partial charge in [-0.1, -0.05) is 0 Å². The molecule has 1 rings (SSSR count). The third-order valence-corrected chi connectivity index (χ3v) is 2.27. The summed E-state index contributed by atoms with van der Waals surface area (Å²) in [6, 6.07) is 5.64. The quantitative estimate of drug-likeness (QED) is 0.359. The molecule has 0 aliphatic rings. The molecule has 0 radical (unpaired) electrons. The molecule has 0 saturated heterocycles. The van der Waals surface area contributed by atoms with Crippen molar-refractivity contribution in [1.29, 1.82) is 0 Å². The highest BCUT2D eigenvalue weighted by molar-refractivity contribution is 5.88. The number of nitro benzene ring substituents is 1. The minimum atomic E-state index is -0.704. The molecule has 0 bridgehead atoms. The summed E-state index contributed by atoms with van der Waals surface area (Å²) in [4.78, 5) is 32.8. The number of hydrogen-bond donors (Lipinski definition) is 0. The molecule has 0 fully saturated rings. The number of benzene rings is 1. The Kier molecular flexibility index (Phi) is 5.80. The second kappa shape index (κ2) is 7.35. The lowest BCUT2D eigenvalue weighted by atomic mass is 10.2. The maximum atomic E-state index is 11.4. The van der Waals surface area contributed by atoms with Crippen LogP contribution in [0.15, 0.2) is 30.3 Å². The number of nitro groups is 1. The zero-order valence-electron chi connectivity index (χ0n) is 12.6. The molecular weight excluding hydrogens is 290 g/mol. The number of non-ortho nitro benzene ring substituents is 1. The summed E-state index contributed by atoms with van der Waals surface area (Å²) in [5.74, 6) is -1.34. The van der Waals surface area contributed by atoms with E-state index in [2.05, 4.69) is 0 Å². The van der Waals surface area contributed by atoms with Crippen molar-refractivity contribution in [3.05, 3.63) is 46.0 Å². The lowest BCUT2D eigenvalue weighted by Crippen LogP contribution is -2.27. The Morgan fingerprint density at radius 2 is 1.82 bits per heavy atom. The molecule has 1 aromatic carbocycles. The van der Waals surface area contributed by atoms with Crippen LogP contribution in [0, 0.1) is 10.1 Å². The Balaban J connectivity index is 2.47. The lowest BCUT2D eigenvalue weighted by molar-refractivity contribution is -0.384. The average Bonchev–Trinajstić information content (AvgIpc) is 2.41. The molecular formula is C15H17NO6. The van der Waals surface area contributed by atoms with Crippen molar-refractivity contribution in [2.45, 2.75) is 26.4 Å². The first-order valence-corrected chi connectivity index (χ1v) is 6.48. The minimum Gasteiger partial charge on any atom is -0.457 e. The minimum absolute atomic E-state index is 0.0374. The number of carbonyl (C=O) groups excluding carboxylic acids is 2. The van der Waals surface area contributed by atoms with Gasteiger partial charge in [-0.3, -0.25) is 10.1 Å². The van der Waals surface area contributed by atoms with Crippen molar-refractivity contribution in [3.63, 3.8) is 0 Å². The van der Waals surface area contributed by atoms with Crippen LogP contribution in [0.1, 0.15) is 26.3 Å². The predicted molar refractivity (Wildman–Crippen MR) is 78.9 cm³/mol. The Hall–Kier alpha value is -2.70. The van der Waals surface area contributed by atoms with E-state index in [9.17, 15) is 19.7 Å². The largest absolute Gasteiger partial charge is 0.457 e. The number of ether oxygens (including phenoxy) is 2. The summed E-state index contributed by atoms with van der Waals surface area (Å²) in [6.07, 6.45) is 2.56. The van der Waals surface area contributed by atoms with E-state index in [-0.39, 0.29) is 5.69 Å². The van der Waals surface area contributed by atoms with Crippen molar-refractivity contribution < 1.29 is 24.0 Å². The molecule has 0 aromatic heterocycles. The van der Waals surface area contributed by atoms with Crippen LogP contribution >= 0.6 is 0 Å². The number of carbonyl (C=O) groups is 2. The highest BCUT2D eigenvalue weighted by Gasteiger charge is 2.17. The predicted octanol–water partition coefficient (Wildman–Crippen LogP) is 2.49. The van der Waals surface area contributed by atoms with Crippen molar-refractivity contribution in [3.8, 4) is 0 Å². The van der Waals surface area contributed by atoms with E-state index in [4.69, 9.17) is 9.47 Å². The van der Waals surface area contributed by atoms with Gasteiger partial charge in [-0.2, -0.15) is 0 Å². The van der Waals surface area contributed by atoms with Crippen LogP contribution in [0.5, 0.6) is 0 Å². The van der Waals surface area contributed by atoms with Crippen molar-refractivity contribution >= 4 is 23.7 Å². The van der Waals surface area contributed by atoms with Crippen LogP contribution in [0.4, 0.5) is 5.69 Å². The Labute approximate surface area is 127 Å². The fourth-order valence-corrected chi connectivity index (χ4v) is 1.42. The monoisotopic (exact) mass is 307 g/mol. The van der Waals surface area contributed by atoms with Crippen molar-refractivity contribution in [2.24, 2.45) is 0 Å². The van der Waals surface area contributed by atoms with E-state index in [1.165, 1.54) is 30.3 Å². The first-order valence-electron chi connectivity index (χ1n) is 6.48. The summed E-state index contributed by atoms with van der Waals surface area (Å²) in [7, 11) is 0. The zero-order chi connectivity index (χ0) is 16.8. The lowest BCUT2D eigenvalue weighted by Gasteiger charge is -2.19. The van der Waals surface area contributed by atoms with Gasteiger partial charge in [0.1, 0.15) is 5.60 Å². The van der Waals surface area contributed by atoms with Crippen molar-refractivity contribution in [2.75, 3.05) is 6.61 Å². The fourth-order valence-electron chi connectivity index (χ4n) is 1.42. The molecule has 0 atom stereocenters. The third-order valence-electron chi connectivity index (χ3n) is 2.27. The van der Waals surface area contributed by atoms with Crippen LogP contribution in [0.3, 0.4) is 0 Å². The molecule has 22 heavy (non-hydrogen) atoms. The van der Waals surface area contributed by atoms with Gasteiger partial charge in [0.2, 0.25) is 0 Å². The molecule has 0 N–H and O–H groups in total. The fraction of sp³-hybridized carbons (Fsp3) is 0.333. The van der Waals surface area contributed by atoms with Gasteiger partial charge in [-0.25, -0.2) is 9.59 Å². The van der Waals surface area contributed by atoms with Gasteiger partial charge in [0.25, 0.3) is 5.69 Å². The van der Waals surface area contributed by atoms with Crippen LogP contribution in [-0.2, 0) is 19.1 Å². The molecule has 1 aromatic rings. The maximum Gasteiger partial charge on any atom is 0.344 e. The third kappa shape index (κ3) is 6.65. The molecule has 0 heterocycles. The van der Waals surface area contributed by atoms with E-state index < -0.39 is 29.1 Å².